The van der Waals surface area contributed by atoms with Gasteiger partial charge in [0, 0.05) is 34.4 Å². The van der Waals surface area contributed by atoms with Gasteiger partial charge in [0.05, 0.1) is 11.3 Å². The third-order valence-electron chi connectivity index (χ3n) is 11.1. The largest absolute Gasteiger partial charge is 0.328 e. The van der Waals surface area contributed by atoms with Crippen LogP contribution in [-0.4, -0.2) is 23.5 Å². The zero-order valence-corrected chi connectivity index (χ0v) is 29.5. The predicted octanol–water partition coefficient (Wildman–Crippen LogP) is 9.76. The number of nitrogens with one attached hydrogen (secondary N) is 1. The Labute approximate surface area is 306 Å². The van der Waals surface area contributed by atoms with Crippen molar-refractivity contribution in [3.8, 4) is 23.0 Å². The van der Waals surface area contributed by atoms with Crippen LogP contribution in [0.1, 0.15) is 54.5 Å². The second-order valence-corrected chi connectivity index (χ2v) is 14.2. The van der Waals surface area contributed by atoms with Gasteiger partial charge in [-0.1, -0.05) is 158 Å². The SMILES string of the molecule is CC1=CCC(C2C#CC(C3N=C(c4ccc5c(c4)C(c4ccccc4)(c4ccccc4)c4ccccc4-5)NC(C4C=CC=CC=C4)=N3)=CC2)C(C)=N1. The molecule has 4 nitrogen and oxygen atoms in total. The third kappa shape index (κ3) is 5.45. The van der Waals surface area contributed by atoms with Crippen molar-refractivity contribution < 1.29 is 0 Å². The molecule has 0 saturated carbocycles. The summed E-state index contributed by atoms with van der Waals surface area (Å²) < 4.78 is 0. The number of rotatable bonds is 6. The minimum Gasteiger partial charge on any atom is -0.328 e. The van der Waals surface area contributed by atoms with Crippen molar-refractivity contribution in [1.29, 1.82) is 0 Å². The molecule has 5 aliphatic rings. The van der Waals surface area contributed by atoms with Crippen LogP contribution in [-0.2, 0) is 5.41 Å². The van der Waals surface area contributed by atoms with Crippen molar-refractivity contribution in [3.05, 3.63) is 191 Å². The molecule has 0 spiro atoms. The molecule has 4 aromatic rings. The van der Waals surface area contributed by atoms with E-state index in [1.807, 2.05) is 0 Å². The summed E-state index contributed by atoms with van der Waals surface area (Å²) in [5.74, 6) is 9.38. The van der Waals surface area contributed by atoms with Crippen molar-refractivity contribution in [2.45, 2.75) is 38.3 Å². The van der Waals surface area contributed by atoms with Crippen LogP contribution in [0, 0.1) is 29.6 Å². The molecule has 252 valence electrons. The number of aliphatic imine (C=N–C) groups is 3. The van der Waals surface area contributed by atoms with Gasteiger partial charge in [-0.05, 0) is 66.1 Å². The topological polar surface area (TPSA) is 49.1 Å². The molecule has 3 unspecified atom stereocenters. The van der Waals surface area contributed by atoms with Gasteiger partial charge in [0.15, 0.2) is 6.17 Å². The highest BCUT2D eigenvalue weighted by Crippen LogP contribution is 2.56. The third-order valence-corrected chi connectivity index (χ3v) is 11.1. The van der Waals surface area contributed by atoms with E-state index in [1.165, 1.54) is 39.1 Å². The summed E-state index contributed by atoms with van der Waals surface area (Å²) in [7, 11) is 0. The highest BCUT2D eigenvalue weighted by Gasteiger charge is 2.46. The molecule has 4 aromatic carbocycles. The van der Waals surface area contributed by atoms with E-state index in [4.69, 9.17) is 15.0 Å². The Bertz CT molecular complexity index is 2320. The van der Waals surface area contributed by atoms with Crippen molar-refractivity contribution in [2.24, 2.45) is 32.7 Å². The van der Waals surface area contributed by atoms with Gasteiger partial charge in [-0.25, -0.2) is 9.98 Å². The minimum absolute atomic E-state index is 0.0181. The van der Waals surface area contributed by atoms with E-state index in [0.717, 1.165) is 41.3 Å². The van der Waals surface area contributed by atoms with Crippen molar-refractivity contribution >= 4 is 17.4 Å². The molecule has 2 aliphatic heterocycles. The van der Waals surface area contributed by atoms with Crippen molar-refractivity contribution in [2.75, 3.05) is 0 Å². The summed E-state index contributed by atoms with van der Waals surface area (Å²) in [6.45, 7) is 4.22. The molecule has 0 saturated heterocycles. The summed E-state index contributed by atoms with van der Waals surface area (Å²) in [6, 6.07) is 37.6. The molecule has 52 heavy (non-hydrogen) atoms. The average Bonchev–Trinajstić information content (AvgIpc) is 3.30. The summed E-state index contributed by atoms with van der Waals surface area (Å²) in [5, 5.41) is 3.70. The summed E-state index contributed by atoms with van der Waals surface area (Å²) in [4.78, 5) is 15.3. The highest BCUT2D eigenvalue weighted by molar-refractivity contribution is 6.12. The monoisotopic (exact) mass is 672 g/mol. The molecule has 0 aromatic heterocycles. The summed E-state index contributed by atoms with van der Waals surface area (Å²) in [5.41, 5.74) is 11.3. The molecule has 2 heterocycles. The Morgan fingerprint density at radius 1 is 0.692 bits per heavy atom. The summed E-state index contributed by atoms with van der Waals surface area (Å²) >= 11 is 0. The lowest BCUT2D eigenvalue weighted by Gasteiger charge is -2.34. The lowest BCUT2D eigenvalue weighted by atomic mass is 9.67. The van der Waals surface area contributed by atoms with Crippen LogP contribution in [0.15, 0.2) is 178 Å². The number of amidine groups is 2. The number of fused-ring (bicyclic) bond motifs is 3. The maximum absolute atomic E-state index is 5.32. The van der Waals surface area contributed by atoms with Crippen LogP contribution < -0.4 is 5.32 Å². The van der Waals surface area contributed by atoms with Crippen LogP contribution in [0.2, 0.25) is 0 Å². The van der Waals surface area contributed by atoms with Crippen LogP contribution in [0.3, 0.4) is 0 Å². The van der Waals surface area contributed by atoms with Gasteiger partial charge in [0.2, 0.25) is 0 Å². The number of hydrogen-bond acceptors (Lipinski definition) is 4. The van der Waals surface area contributed by atoms with Crippen LogP contribution in [0.5, 0.6) is 0 Å². The van der Waals surface area contributed by atoms with Gasteiger partial charge in [0.1, 0.15) is 11.7 Å². The fourth-order valence-corrected chi connectivity index (χ4v) is 8.56. The fraction of sp³-hybridized carbons (Fsp3) is 0.188. The molecule has 9 rings (SSSR count). The Kier molecular flexibility index (Phi) is 8.13. The van der Waals surface area contributed by atoms with Crippen LogP contribution >= 0.6 is 0 Å². The second kappa shape index (κ2) is 13.2. The molecular weight excluding hydrogens is 633 g/mol. The number of allylic oxidation sites excluding steroid dienone is 7. The molecular formula is C48H40N4. The lowest BCUT2D eigenvalue weighted by Crippen LogP contribution is -2.41. The first-order chi connectivity index (χ1) is 25.6. The predicted molar refractivity (Wildman–Crippen MR) is 214 cm³/mol. The second-order valence-electron chi connectivity index (χ2n) is 14.2. The molecule has 3 atom stereocenters. The zero-order valence-electron chi connectivity index (χ0n) is 29.5. The first-order valence-electron chi connectivity index (χ1n) is 18.3. The Morgan fingerprint density at radius 3 is 2.08 bits per heavy atom. The van der Waals surface area contributed by atoms with Crippen LogP contribution in [0.25, 0.3) is 11.1 Å². The quantitative estimate of drug-likeness (QED) is 0.180. The van der Waals surface area contributed by atoms with Crippen molar-refractivity contribution in [1.82, 2.24) is 5.32 Å². The summed E-state index contributed by atoms with van der Waals surface area (Å²) in [6.07, 6.45) is 18.6. The molecule has 0 amide bonds. The molecule has 0 fully saturated rings. The molecule has 0 radical (unpaired) electrons. The van der Waals surface area contributed by atoms with E-state index in [2.05, 4.69) is 183 Å². The Hall–Kier alpha value is -6.05. The zero-order chi connectivity index (χ0) is 35.1. The van der Waals surface area contributed by atoms with E-state index in [-0.39, 0.29) is 11.8 Å². The minimum atomic E-state index is -0.491. The van der Waals surface area contributed by atoms with Gasteiger partial charge in [0.25, 0.3) is 0 Å². The normalized spacial score (nSPS) is 22.7. The number of benzene rings is 4. The lowest BCUT2D eigenvalue weighted by molar-refractivity contribution is 0.515. The Balaban J connectivity index is 1.16. The molecule has 3 aliphatic carbocycles. The van der Waals surface area contributed by atoms with E-state index >= 15 is 0 Å². The van der Waals surface area contributed by atoms with E-state index in [1.54, 1.807) is 0 Å². The number of hydrogen-bond donors (Lipinski definition) is 1. The Morgan fingerprint density at radius 2 is 1.38 bits per heavy atom. The van der Waals surface area contributed by atoms with E-state index < -0.39 is 11.6 Å². The van der Waals surface area contributed by atoms with Gasteiger partial charge < -0.3 is 5.32 Å². The first kappa shape index (κ1) is 31.9. The fourth-order valence-electron chi connectivity index (χ4n) is 8.56. The van der Waals surface area contributed by atoms with Gasteiger partial charge in [-0.2, -0.15) is 0 Å². The maximum atomic E-state index is 5.32. The van der Waals surface area contributed by atoms with E-state index in [0.29, 0.717) is 5.92 Å². The van der Waals surface area contributed by atoms with Crippen molar-refractivity contribution in [3.63, 3.8) is 0 Å². The van der Waals surface area contributed by atoms with Crippen LogP contribution in [0.4, 0.5) is 0 Å². The standard InChI is InChI=1S/C48H40N4/c1-32-23-29-40(33(2)49-32)34-24-26-36(27-25-34)46-50-45(35-15-7-3-4-8-16-35)51-47(52-46)37-28-30-42-41-21-13-14-22-43(41)48(44(42)31-37,38-17-9-5-10-18-38)39-19-11-6-12-20-39/h3-23,26,28,30-31,34-35,40,46H,24,29H2,1-2H3,(H,50,51,52). The van der Waals surface area contributed by atoms with E-state index in [9.17, 15) is 0 Å². The maximum Gasteiger partial charge on any atom is 0.176 e. The van der Waals surface area contributed by atoms with Gasteiger partial charge >= 0.3 is 0 Å². The molecule has 1 N–H and O–H groups in total. The number of nitrogens with zero attached hydrogens (tertiary/aromatic N) is 3. The van der Waals surface area contributed by atoms with Gasteiger partial charge in [-0.3, -0.25) is 4.99 Å². The smallest absolute Gasteiger partial charge is 0.176 e. The molecule has 4 heteroatoms. The van der Waals surface area contributed by atoms with Gasteiger partial charge in [-0.15, -0.1) is 0 Å². The average molecular weight is 673 g/mol. The first-order valence-corrected chi connectivity index (χ1v) is 18.3. The molecule has 0 bridgehead atoms. The highest BCUT2D eigenvalue weighted by atomic mass is 15.2.